The fourth-order valence-electron chi connectivity index (χ4n) is 1.15. The number of ether oxygens (including phenoxy) is 1. The predicted octanol–water partition coefficient (Wildman–Crippen LogP) is 1.24. The van der Waals surface area contributed by atoms with Crippen molar-refractivity contribution in [1.82, 2.24) is 4.90 Å². The zero-order valence-electron chi connectivity index (χ0n) is 6.76. The highest BCUT2D eigenvalue weighted by molar-refractivity contribution is 4.95. The maximum Gasteiger partial charge on any atom is 0.0928 e. The van der Waals surface area contributed by atoms with Crippen LogP contribution in [0.25, 0.3) is 0 Å². The first kappa shape index (κ1) is 7.61. The molecule has 1 rings (SSSR count). The molecule has 1 aliphatic rings. The number of rotatable bonds is 1. The summed E-state index contributed by atoms with van der Waals surface area (Å²) in [6.07, 6.45) is 4.37. The third-order valence-electron chi connectivity index (χ3n) is 1.88. The maximum atomic E-state index is 5.15. The molecule has 0 saturated carbocycles. The van der Waals surface area contributed by atoms with Crippen LogP contribution in [0.2, 0.25) is 0 Å². The normalized spacial score (nSPS) is 21.6. The summed E-state index contributed by atoms with van der Waals surface area (Å²) in [7, 11) is 3.89. The minimum Gasteiger partial charge on any atom is -0.501 e. The molecule has 58 valence electrons. The molecule has 0 saturated heterocycles. The molecular weight excluding hydrogens is 126 g/mol. The third-order valence-corrected chi connectivity index (χ3v) is 1.88. The average molecular weight is 141 g/mol. The molecule has 0 unspecified atom stereocenters. The lowest BCUT2D eigenvalue weighted by atomic mass is 10.3. The van der Waals surface area contributed by atoms with Gasteiger partial charge in [0.25, 0.3) is 0 Å². The van der Waals surface area contributed by atoms with Crippen molar-refractivity contribution in [3.05, 3.63) is 11.8 Å². The largest absolute Gasteiger partial charge is 0.501 e. The molecule has 0 atom stereocenters. The second-order valence-electron chi connectivity index (χ2n) is 2.72. The van der Waals surface area contributed by atoms with Gasteiger partial charge in [0.2, 0.25) is 0 Å². The van der Waals surface area contributed by atoms with Crippen molar-refractivity contribution in [3.8, 4) is 0 Å². The average Bonchev–Trinajstić information content (AvgIpc) is 2.14. The van der Waals surface area contributed by atoms with Crippen LogP contribution in [0.4, 0.5) is 0 Å². The lowest BCUT2D eigenvalue weighted by Crippen LogP contribution is -2.18. The van der Waals surface area contributed by atoms with Crippen molar-refractivity contribution in [3.63, 3.8) is 0 Å². The van der Waals surface area contributed by atoms with Crippen LogP contribution in [0.3, 0.4) is 0 Å². The zero-order chi connectivity index (χ0) is 7.40. The first-order valence-corrected chi connectivity index (χ1v) is 3.74. The van der Waals surface area contributed by atoms with Crippen LogP contribution in [0.5, 0.6) is 0 Å². The molecule has 0 bridgehead atoms. The van der Waals surface area contributed by atoms with Crippen molar-refractivity contribution < 1.29 is 4.74 Å². The summed E-state index contributed by atoms with van der Waals surface area (Å²) in [5.41, 5.74) is 0. The van der Waals surface area contributed by atoms with Gasteiger partial charge in [0.05, 0.1) is 12.9 Å². The van der Waals surface area contributed by atoms with E-state index in [2.05, 4.69) is 18.0 Å². The van der Waals surface area contributed by atoms with Crippen LogP contribution in [-0.2, 0) is 4.74 Å². The molecule has 0 N–H and O–H groups in total. The van der Waals surface area contributed by atoms with Crippen LogP contribution < -0.4 is 0 Å². The quantitative estimate of drug-likeness (QED) is 0.545. The van der Waals surface area contributed by atoms with E-state index >= 15 is 0 Å². The molecule has 2 nitrogen and oxygen atoms in total. The van der Waals surface area contributed by atoms with Crippen LogP contribution in [0.1, 0.15) is 12.8 Å². The van der Waals surface area contributed by atoms with Gasteiger partial charge in [-0.2, -0.15) is 0 Å². The molecule has 0 aliphatic carbocycles. The van der Waals surface area contributed by atoms with Gasteiger partial charge in [-0.3, -0.25) is 0 Å². The van der Waals surface area contributed by atoms with E-state index in [-0.39, 0.29) is 0 Å². The number of methoxy groups -OCH3 is 1. The van der Waals surface area contributed by atoms with E-state index in [0.29, 0.717) is 0 Å². The molecule has 0 radical (unpaired) electrons. The van der Waals surface area contributed by atoms with Gasteiger partial charge in [0, 0.05) is 19.5 Å². The van der Waals surface area contributed by atoms with Gasteiger partial charge in [-0.25, -0.2) is 0 Å². The van der Waals surface area contributed by atoms with E-state index in [1.54, 1.807) is 7.11 Å². The third kappa shape index (κ3) is 2.03. The van der Waals surface area contributed by atoms with E-state index in [0.717, 1.165) is 31.7 Å². The molecule has 0 aromatic carbocycles. The SMILES string of the molecule is COC1=CCCN(C)CC1. The van der Waals surface area contributed by atoms with E-state index in [9.17, 15) is 0 Å². The standard InChI is InChI=1S/C8H15NO/c1-9-6-3-4-8(10-2)5-7-9/h4H,3,5-7H2,1-2H3. The Morgan fingerprint density at radius 2 is 2.30 bits per heavy atom. The fraction of sp³-hybridized carbons (Fsp3) is 0.750. The van der Waals surface area contributed by atoms with Gasteiger partial charge in [-0.15, -0.1) is 0 Å². The molecule has 1 heterocycles. The molecule has 0 fully saturated rings. The van der Waals surface area contributed by atoms with Gasteiger partial charge < -0.3 is 9.64 Å². The summed E-state index contributed by atoms with van der Waals surface area (Å²) in [5.74, 6) is 1.14. The Labute approximate surface area is 62.5 Å². The van der Waals surface area contributed by atoms with Crippen molar-refractivity contribution in [1.29, 1.82) is 0 Å². The monoisotopic (exact) mass is 141 g/mol. The van der Waals surface area contributed by atoms with E-state index < -0.39 is 0 Å². The van der Waals surface area contributed by atoms with Crippen LogP contribution >= 0.6 is 0 Å². The number of nitrogens with zero attached hydrogens (tertiary/aromatic N) is 1. The van der Waals surface area contributed by atoms with Crippen molar-refractivity contribution in [2.45, 2.75) is 12.8 Å². The molecule has 10 heavy (non-hydrogen) atoms. The zero-order valence-corrected chi connectivity index (χ0v) is 6.76. The van der Waals surface area contributed by atoms with Crippen molar-refractivity contribution >= 4 is 0 Å². The Morgan fingerprint density at radius 3 is 3.00 bits per heavy atom. The Kier molecular flexibility index (Phi) is 2.75. The van der Waals surface area contributed by atoms with E-state index in [1.807, 2.05) is 0 Å². The highest BCUT2D eigenvalue weighted by Gasteiger charge is 2.04. The lowest BCUT2D eigenvalue weighted by Gasteiger charge is -2.11. The van der Waals surface area contributed by atoms with Gasteiger partial charge in [0.15, 0.2) is 0 Å². The topological polar surface area (TPSA) is 12.5 Å². The number of hydrogen-bond acceptors (Lipinski definition) is 2. The summed E-state index contributed by atoms with van der Waals surface area (Å²) in [6.45, 7) is 2.28. The van der Waals surface area contributed by atoms with E-state index in [1.165, 1.54) is 0 Å². The summed E-state index contributed by atoms with van der Waals surface area (Å²) < 4.78 is 5.15. The minimum atomic E-state index is 1.06. The van der Waals surface area contributed by atoms with Crippen LogP contribution in [0.15, 0.2) is 11.8 Å². The molecule has 0 aromatic rings. The molecule has 0 spiro atoms. The molecule has 1 aliphatic heterocycles. The molecular formula is C8H15NO. The molecule has 0 amide bonds. The summed E-state index contributed by atoms with van der Waals surface area (Å²) >= 11 is 0. The summed E-state index contributed by atoms with van der Waals surface area (Å²) in [6, 6.07) is 0. The Balaban J connectivity index is 2.40. The van der Waals surface area contributed by atoms with Crippen LogP contribution in [-0.4, -0.2) is 32.1 Å². The fourth-order valence-corrected chi connectivity index (χ4v) is 1.15. The second kappa shape index (κ2) is 3.62. The van der Waals surface area contributed by atoms with Gasteiger partial charge in [-0.1, -0.05) is 0 Å². The predicted molar refractivity (Wildman–Crippen MR) is 41.8 cm³/mol. The van der Waals surface area contributed by atoms with Crippen molar-refractivity contribution in [2.75, 3.05) is 27.2 Å². The summed E-state index contributed by atoms with van der Waals surface area (Å²) in [4.78, 5) is 2.32. The molecule has 0 aromatic heterocycles. The Bertz CT molecular complexity index is 131. The Morgan fingerprint density at radius 1 is 1.50 bits per heavy atom. The van der Waals surface area contributed by atoms with Gasteiger partial charge in [0.1, 0.15) is 0 Å². The van der Waals surface area contributed by atoms with Crippen LogP contribution in [0, 0.1) is 0 Å². The van der Waals surface area contributed by atoms with E-state index in [4.69, 9.17) is 4.74 Å². The smallest absolute Gasteiger partial charge is 0.0928 e. The van der Waals surface area contributed by atoms with Gasteiger partial charge in [-0.05, 0) is 19.5 Å². The van der Waals surface area contributed by atoms with Crippen molar-refractivity contribution in [2.24, 2.45) is 0 Å². The highest BCUT2D eigenvalue weighted by Crippen LogP contribution is 2.09. The second-order valence-corrected chi connectivity index (χ2v) is 2.72. The number of hydrogen-bond donors (Lipinski definition) is 0. The first-order chi connectivity index (χ1) is 4.83. The highest BCUT2D eigenvalue weighted by atomic mass is 16.5. The van der Waals surface area contributed by atoms with Gasteiger partial charge >= 0.3 is 0 Å². The molecule has 2 heteroatoms. The lowest BCUT2D eigenvalue weighted by molar-refractivity contribution is 0.263. The minimum absolute atomic E-state index is 1.06. The Hall–Kier alpha value is -0.500. The first-order valence-electron chi connectivity index (χ1n) is 3.74. The summed E-state index contributed by atoms with van der Waals surface area (Å²) in [5, 5.41) is 0. The maximum absolute atomic E-state index is 5.15.